The van der Waals surface area contributed by atoms with Gasteiger partial charge in [0.15, 0.2) is 0 Å². The summed E-state index contributed by atoms with van der Waals surface area (Å²) in [6.07, 6.45) is 14.2. The van der Waals surface area contributed by atoms with Gasteiger partial charge in [-0.25, -0.2) is 4.98 Å². The van der Waals surface area contributed by atoms with Crippen LogP contribution >= 0.6 is 0 Å². The van der Waals surface area contributed by atoms with Crippen LogP contribution in [0.1, 0.15) is 87.2 Å². The molecule has 36 heavy (non-hydrogen) atoms. The molecule has 4 rings (SSSR count). The average Bonchev–Trinajstić information content (AvgIpc) is 3.37. The van der Waals surface area contributed by atoms with Crippen molar-refractivity contribution >= 4 is 0 Å². The quantitative estimate of drug-likeness (QED) is 0.165. The highest BCUT2D eigenvalue weighted by Crippen LogP contribution is 2.44. The SMILES string of the molecule is CCCCCCCCC(c1nccn1Cc1ccccc1)C(C)(Cc1ccccc1)c1ccccc1. The zero-order chi connectivity index (χ0) is 25.1. The Balaban J connectivity index is 1.69. The molecule has 0 bridgehead atoms. The second-order valence-electron chi connectivity index (χ2n) is 10.5. The van der Waals surface area contributed by atoms with Crippen LogP contribution in [-0.2, 0) is 18.4 Å². The maximum absolute atomic E-state index is 5.04. The average molecular weight is 479 g/mol. The van der Waals surface area contributed by atoms with E-state index in [1.54, 1.807) is 0 Å². The van der Waals surface area contributed by atoms with Gasteiger partial charge < -0.3 is 4.57 Å². The molecule has 2 unspecified atom stereocenters. The van der Waals surface area contributed by atoms with Gasteiger partial charge in [0.25, 0.3) is 0 Å². The summed E-state index contributed by atoms with van der Waals surface area (Å²) in [6.45, 7) is 5.62. The zero-order valence-corrected chi connectivity index (χ0v) is 22.2. The second-order valence-corrected chi connectivity index (χ2v) is 10.5. The van der Waals surface area contributed by atoms with E-state index in [4.69, 9.17) is 4.98 Å². The van der Waals surface area contributed by atoms with Crippen LogP contribution in [0.4, 0.5) is 0 Å². The number of imidazole rings is 1. The Morgan fingerprint density at radius 1 is 0.722 bits per heavy atom. The van der Waals surface area contributed by atoms with Crippen molar-refractivity contribution < 1.29 is 0 Å². The molecule has 1 aromatic heterocycles. The van der Waals surface area contributed by atoms with Gasteiger partial charge in [0.05, 0.1) is 0 Å². The number of unbranched alkanes of at least 4 members (excludes halogenated alkanes) is 5. The van der Waals surface area contributed by atoms with Crippen molar-refractivity contribution in [3.63, 3.8) is 0 Å². The van der Waals surface area contributed by atoms with Crippen LogP contribution in [0, 0.1) is 0 Å². The first-order valence-electron chi connectivity index (χ1n) is 13.8. The monoisotopic (exact) mass is 478 g/mol. The fraction of sp³-hybridized carbons (Fsp3) is 0.382. The van der Waals surface area contributed by atoms with E-state index in [0.29, 0.717) is 5.92 Å². The predicted molar refractivity (Wildman–Crippen MR) is 152 cm³/mol. The molecular weight excluding hydrogens is 436 g/mol. The number of hydrogen-bond acceptors (Lipinski definition) is 1. The number of nitrogens with zero attached hydrogens (tertiary/aromatic N) is 2. The molecule has 0 fully saturated rings. The van der Waals surface area contributed by atoms with Crippen molar-refractivity contribution in [3.05, 3.63) is 126 Å². The van der Waals surface area contributed by atoms with Gasteiger partial charge >= 0.3 is 0 Å². The van der Waals surface area contributed by atoms with Gasteiger partial charge in [-0.3, -0.25) is 0 Å². The lowest BCUT2D eigenvalue weighted by Crippen LogP contribution is -2.35. The lowest BCUT2D eigenvalue weighted by atomic mass is 9.66. The van der Waals surface area contributed by atoms with Crippen LogP contribution in [0.5, 0.6) is 0 Å². The van der Waals surface area contributed by atoms with Gasteiger partial charge in [0.2, 0.25) is 0 Å². The molecule has 0 aliphatic heterocycles. The highest BCUT2D eigenvalue weighted by molar-refractivity contribution is 5.33. The number of hydrogen-bond donors (Lipinski definition) is 0. The van der Waals surface area contributed by atoms with Crippen LogP contribution in [-0.4, -0.2) is 9.55 Å². The summed E-state index contributed by atoms with van der Waals surface area (Å²) < 4.78 is 2.39. The first kappa shape index (κ1) is 25.9. The summed E-state index contributed by atoms with van der Waals surface area (Å²) in [7, 11) is 0. The molecule has 0 spiro atoms. The minimum atomic E-state index is -0.0637. The summed E-state index contributed by atoms with van der Waals surface area (Å²) in [6, 6.07) is 32.9. The summed E-state index contributed by atoms with van der Waals surface area (Å²) in [4.78, 5) is 5.04. The van der Waals surface area contributed by atoms with Crippen molar-refractivity contribution in [1.82, 2.24) is 9.55 Å². The van der Waals surface area contributed by atoms with E-state index in [0.717, 1.165) is 19.4 Å². The minimum Gasteiger partial charge on any atom is -0.330 e. The molecule has 2 heteroatoms. The van der Waals surface area contributed by atoms with Gasteiger partial charge in [0, 0.05) is 30.3 Å². The molecule has 4 aromatic rings. The van der Waals surface area contributed by atoms with E-state index in [2.05, 4.69) is 116 Å². The Bertz CT molecular complexity index is 1130. The van der Waals surface area contributed by atoms with Gasteiger partial charge in [-0.1, -0.05) is 143 Å². The van der Waals surface area contributed by atoms with E-state index in [1.807, 2.05) is 6.20 Å². The molecule has 0 aliphatic carbocycles. The van der Waals surface area contributed by atoms with E-state index >= 15 is 0 Å². The first-order valence-corrected chi connectivity index (χ1v) is 13.8. The highest BCUT2D eigenvalue weighted by Gasteiger charge is 2.39. The lowest BCUT2D eigenvalue weighted by molar-refractivity contribution is 0.324. The summed E-state index contributed by atoms with van der Waals surface area (Å²) in [5.41, 5.74) is 4.04. The highest BCUT2D eigenvalue weighted by atomic mass is 15.1. The topological polar surface area (TPSA) is 17.8 Å². The van der Waals surface area contributed by atoms with E-state index in [9.17, 15) is 0 Å². The fourth-order valence-corrected chi connectivity index (χ4v) is 5.67. The van der Waals surface area contributed by atoms with Crippen LogP contribution in [0.3, 0.4) is 0 Å². The van der Waals surface area contributed by atoms with Gasteiger partial charge in [-0.05, 0) is 29.5 Å². The normalized spacial score (nSPS) is 13.8. The van der Waals surface area contributed by atoms with E-state index in [-0.39, 0.29) is 5.41 Å². The summed E-state index contributed by atoms with van der Waals surface area (Å²) >= 11 is 0. The van der Waals surface area contributed by atoms with E-state index in [1.165, 1.54) is 61.0 Å². The van der Waals surface area contributed by atoms with Crippen molar-refractivity contribution in [2.75, 3.05) is 0 Å². The third-order valence-electron chi connectivity index (χ3n) is 7.72. The van der Waals surface area contributed by atoms with Crippen molar-refractivity contribution in [2.24, 2.45) is 0 Å². The largest absolute Gasteiger partial charge is 0.330 e. The van der Waals surface area contributed by atoms with Gasteiger partial charge in [0.1, 0.15) is 5.82 Å². The third kappa shape index (κ3) is 6.75. The van der Waals surface area contributed by atoms with Crippen LogP contribution < -0.4 is 0 Å². The van der Waals surface area contributed by atoms with Crippen molar-refractivity contribution in [1.29, 1.82) is 0 Å². The second kappa shape index (κ2) is 13.3. The maximum atomic E-state index is 5.04. The van der Waals surface area contributed by atoms with Crippen molar-refractivity contribution in [2.45, 2.75) is 83.1 Å². The standard InChI is InChI=1S/C34H42N2/c1-3-4-5-6-7-17-24-32(33-35-25-26-36(33)28-30-20-13-9-14-21-30)34(2,31-22-15-10-16-23-31)27-29-18-11-8-12-19-29/h8-16,18-23,25-26,32H,3-7,17,24,27-28H2,1-2H3. The molecule has 0 aliphatic rings. The van der Waals surface area contributed by atoms with Crippen molar-refractivity contribution in [3.8, 4) is 0 Å². The zero-order valence-electron chi connectivity index (χ0n) is 22.2. The molecule has 188 valence electrons. The molecule has 0 N–H and O–H groups in total. The number of aromatic nitrogens is 2. The van der Waals surface area contributed by atoms with Crippen LogP contribution in [0.25, 0.3) is 0 Å². The molecule has 2 atom stereocenters. The maximum Gasteiger partial charge on any atom is 0.112 e. The molecule has 1 heterocycles. The van der Waals surface area contributed by atoms with E-state index < -0.39 is 0 Å². The number of benzene rings is 3. The minimum absolute atomic E-state index is 0.0637. The Morgan fingerprint density at radius 3 is 1.97 bits per heavy atom. The van der Waals surface area contributed by atoms with Gasteiger partial charge in [-0.2, -0.15) is 0 Å². The fourth-order valence-electron chi connectivity index (χ4n) is 5.67. The molecule has 2 nitrogen and oxygen atoms in total. The third-order valence-corrected chi connectivity index (χ3v) is 7.72. The molecule has 3 aromatic carbocycles. The molecule has 0 saturated heterocycles. The Hall–Kier alpha value is -3.13. The Morgan fingerprint density at radius 2 is 1.31 bits per heavy atom. The Kier molecular flexibility index (Phi) is 9.55. The lowest BCUT2D eigenvalue weighted by Gasteiger charge is -2.39. The predicted octanol–water partition coefficient (Wildman–Crippen LogP) is 8.97. The molecule has 0 amide bonds. The smallest absolute Gasteiger partial charge is 0.112 e. The molecule has 0 saturated carbocycles. The van der Waals surface area contributed by atoms with Crippen LogP contribution in [0.15, 0.2) is 103 Å². The molecular formula is C34H42N2. The first-order chi connectivity index (χ1) is 17.7. The summed E-state index contributed by atoms with van der Waals surface area (Å²) in [5.74, 6) is 1.54. The summed E-state index contributed by atoms with van der Waals surface area (Å²) in [5, 5.41) is 0. The van der Waals surface area contributed by atoms with Gasteiger partial charge in [-0.15, -0.1) is 0 Å². The van der Waals surface area contributed by atoms with Crippen LogP contribution in [0.2, 0.25) is 0 Å². The molecule has 0 radical (unpaired) electrons. The number of rotatable bonds is 14. The Labute approximate surface area is 218 Å².